The number of carboxylic acids is 1. The second-order valence-electron chi connectivity index (χ2n) is 4.76. The highest BCUT2D eigenvalue weighted by atomic mass is 16.5. The van der Waals surface area contributed by atoms with E-state index in [1.165, 1.54) is 13.1 Å². The molecule has 7 nitrogen and oxygen atoms in total. The third-order valence-electron chi connectivity index (χ3n) is 1.96. The summed E-state index contributed by atoms with van der Waals surface area (Å²) in [6.07, 6.45) is 2.04. The van der Waals surface area contributed by atoms with E-state index in [0.717, 1.165) is 17.2 Å². The van der Waals surface area contributed by atoms with Crippen LogP contribution >= 0.6 is 0 Å². The van der Waals surface area contributed by atoms with E-state index in [0.29, 0.717) is 10.4 Å². The molecular weight excluding hydrogens is 238 g/mol. The van der Waals surface area contributed by atoms with Gasteiger partial charge in [-0.2, -0.15) is 4.73 Å². The van der Waals surface area contributed by atoms with Gasteiger partial charge in [-0.1, -0.05) is 0 Å². The van der Waals surface area contributed by atoms with Crippen molar-refractivity contribution in [3.05, 3.63) is 29.0 Å². The Hall–Kier alpha value is -1.73. The molecule has 0 radical (unpaired) electrons. The predicted octanol–water partition coefficient (Wildman–Crippen LogP) is -1.93. The monoisotopic (exact) mass is 257 g/mol. The van der Waals surface area contributed by atoms with E-state index in [1.807, 2.05) is 0 Å². The minimum absolute atomic E-state index is 0.281. The molecule has 0 aliphatic heterocycles. The van der Waals surface area contributed by atoms with Gasteiger partial charge in [-0.25, -0.2) is 4.98 Å². The lowest BCUT2D eigenvalue weighted by molar-refractivity contribution is -0.870. The minimum Gasteiger partial charge on any atom is -0.618 e. The van der Waals surface area contributed by atoms with E-state index in [1.54, 1.807) is 0 Å². The number of likely N-dealkylation sites (N-methyl/N-ethyl adjacent to an activating group) is 1. The van der Waals surface area contributed by atoms with E-state index in [-0.39, 0.29) is 12.3 Å². The minimum atomic E-state index is -1.45. The maximum absolute atomic E-state index is 10.7. The Morgan fingerprint density at radius 3 is 2.33 bits per heavy atom. The second-order valence-corrected chi connectivity index (χ2v) is 4.76. The van der Waals surface area contributed by atoms with Crippen LogP contribution in [0.5, 0.6) is 0 Å². The van der Waals surface area contributed by atoms with Gasteiger partial charge >= 0.3 is 0 Å². The van der Waals surface area contributed by atoms with E-state index in [4.69, 9.17) is 5.11 Å². The molecule has 0 saturated carbocycles. The molecule has 0 unspecified atom stereocenters. The van der Waals surface area contributed by atoms with Crippen molar-refractivity contribution in [3.8, 4) is 0 Å². The summed E-state index contributed by atoms with van der Waals surface area (Å²) in [6, 6.07) is 0. The van der Waals surface area contributed by atoms with Crippen molar-refractivity contribution in [2.75, 3.05) is 34.3 Å². The topological polar surface area (TPSA) is 100 Å². The molecule has 1 aromatic rings. The van der Waals surface area contributed by atoms with Gasteiger partial charge in [0.25, 0.3) is 0 Å². The lowest BCUT2D eigenvalue weighted by Crippen LogP contribution is -2.36. The number of carbonyl (C=O) groups excluding carboxylic acids is 1. The molecule has 1 rings (SSSR count). The lowest BCUT2D eigenvalue weighted by Gasteiger charge is -2.21. The van der Waals surface area contributed by atoms with Crippen molar-refractivity contribution in [3.63, 3.8) is 0 Å². The number of carbonyl (C=O) groups is 1. The van der Waals surface area contributed by atoms with Gasteiger partial charge in [0.1, 0.15) is 6.54 Å². The first kappa shape index (κ1) is 16.3. The molecule has 0 bridgehead atoms. The number of hydrogen-bond acceptors (Lipinski definition) is 5. The molecule has 0 spiro atoms. The number of quaternary nitrogens is 1. The van der Waals surface area contributed by atoms with Crippen molar-refractivity contribution in [2.45, 2.75) is 6.92 Å². The molecule has 7 heteroatoms. The van der Waals surface area contributed by atoms with E-state index in [9.17, 15) is 15.1 Å². The average Bonchev–Trinajstić information content (AvgIpc) is 2.21. The molecule has 1 heterocycles. The fourth-order valence-corrected chi connectivity index (χ4v) is 0.871. The van der Waals surface area contributed by atoms with Crippen LogP contribution in [-0.2, 0) is 0 Å². The molecule has 0 atom stereocenters. The van der Waals surface area contributed by atoms with Crippen LogP contribution in [0.2, 0.25) is 0 Å². The average molecular weight is 257 g/mol. The van der Waals surface area contributed by atoms with Gasteiger partial charge in [-0.05, 0) is 0 Å². The molecule has 0 aliphatic carbocycles. The normalized spacial score (nSPS) is 10.5. The standard InChI is InChI=1S/C6H6N2O3.C5H14NO/c1-4-2-7-5(6(9)10)3-8(4)11;1-6(2,3)4-5-7/h2-3H,1H3,(H,9,10);7H,4-5H2,1-3H3/q;+1/p-1. The van der Waals surface area contributed by atoms with Crippen LogP contribution in [0.4, 0.5) is 0 Å². The summed E-state index contributed by atoms with van der Waals surface area (Å²) < 4.78 is 1.27. The molecule has 0 aliphatic rings. The van der Waals surface area contributed by atoms with Crippen molar-refractivity contribution in [1.29, 1.82) is 0 Å². The number of hydrogen-bond donors (Lipinski definition) is 1. The summed E-state index contributed by atoms with van der Waals surface area (Å²) in [5, 5.41) is 29.3. The Labute approximate surface area is 106 Å². The molecule has 1 aromatic heterocycles. The third-order valence-corrected chi connectivity index (χ3v) is 1.96. The van der Waals surface area contributed by atoms with Crippen molar-refractivity contribution >= 4 is 5.97 Å². The Morgan fingerprint density at radius 2 is 2.06 bits per heavy atom. The largest absolute Gasteiger partial charge is 0.618 e. The van der Waals surface area contributed by atoms with Crippen LogP contribution in [0, 0.1) is 12.1 Å². The van der Waals surface area contributed by atoms with Crippen LogP contribution in [0.1, 0.15) is 16.2 Å². The summed E-state index contributed by atoms with van der Waals surface area (Å²) in [7, 11) is 6.16. The van der Waals surface area contributed by atoms with Crippen LogP contribution in [-0.4, -0.2) is 54.8 Å². The van der Waals surface area contributed by atoms with Gasteiger partial charge in [-0.15, -0.1) is 0 Å². The number of aliphatic hydroxyl groups is 1. The van der Waals surface area contributed by atoms with E-state index < -0.39 is 5.97 Å². The number of aromatic carboxylic acids is 1. The van der Waals surface area contributed by atoms with Gasteiger partial charge in [0.05, 0.1) is 39.9 Å². The fourth-order valence-electron chi connectivity index (χ4n) is 0.871. The molecule has 18 heavy (non-hydrogen) atoms. The summed E-state index contributed by atoms with van der Waals surface area (Å²) in [4.78, 5) is 13.6. The number of aryl methyl sites for hydroxylation is 1. The predicted molar refractivity (Wildman–Crippen MR) is 62.2 cm³/mol. The zero-order chi connectivity index (χ0) is 14.3. The third kappa shape index (κ3) is 6.77. The van der Waals surface area contributed by atoms with Gasteiger partial charge < -0.3 is 24.7 Å². The first-order valence-electron chi connectivity index (χ1n) is 5.36. The van der Waals surface area contributed by atoms with E-state index >= 15 is 0 Å². The second kappa shape index (κ2) is 6.87. The molecule has 0 saturated heterocycles. The quantitative estimate of drug-likeness (QED) is 0.386. The maximum Gasteiger partial charge on any atom is 0.208 e. The maximum atomic E-state index is 10.7. The summed E-state index contributed by atoms with van der Waals surface area (Å²) in [6.45, 7) is 2.64. The number of nitrogens with zero attached hydrogens (tertiary/aromatic N) is 3. The Kier molecular flexibility index (Phi) is 6.21. The fraction of sp³-hybridized carbons (Fsp3) is 0.545. The Morgan fingerprint density at radius 1 is 1.50 bits per heavy atom. The SMILES string of the molecule is C[N+](C)(C)CCO.Cc1cnc(C(=O)[O-])c[n+]1[O-]. The van der Waals surface area contributed by atoms with Gasteiger partial charge in [0.15, 0.2) is 5.69 Å². The molecule has 0 fully saturated rings. The Balaban J connectivity index is 0.000000360. The number of aliphatic hydroxyl groups excluding tert-OH is 1. The van der Waals surface area contributed by atoms with E-state index in [2.05, 4.69) is 26.1 Å². The molecule has 1 N–H and O–H groups in total. The van der Waals surface area contributed by atoms with Gasteiger partial charge in [0, 0.05) is 6.92 Å². The molecular formula is C11H19N3O4. The summed E-state index contributed by atoms with van der Waals surface area (Å²) in [5.74, 6) is -1.45. The Bertz CT molecular complexity index is 402. The lowest BCUT2D eigenvalue weighted by atomic mass is 10.4. The van der Waals surface area contributed by atoms with Crippen LogP contribution in [0.3, 0.4) is 0 Å². The number of carboxylic acid groups (broad SMARTS) is 1. The smallest absolute Gasteiger partial charge is 0.208 e. The molecule has 0 aromatic carbocycles. The van der Waals surface area contributed by atoms with Crippen LogP contribution in [0.25, 0.3) is 0 Å². The highest BCUT2D eigenvalue weighted by Crippen LogP contribution is 1.89. The van der Waals surface area contributed by atoms with Gasteiger partial charge in [0.2, 0.25) is 11.9 Å². The first-order valence-corrected chi connectivity index (χ1v) is 5.36. The molecule has 102 valence electrons. The summed E-state index contributed by atoms with van der Waals surface area (Å²) >= 11 is 0. The number of aromatic nitrogens is 2. The van der Waals surface area contributed by atoms with Crippen molar-refractivity contribution < 1.29 is 24.2 Å². The van der Waals surface area contributed by atoms with Gasteiger partial charge in [-0.3, -0.25) is 0 Å². The van der Waals surface area contributed by atoms with Crippen LogP contribution < -0.4 is 9.84 Å². The van der Waals surface area contributed by atoms with Crippen molar-refractivity contribution in [1.82, 2.24) is 4.98 Å². The highest BCUT2D eigenvalue weighted by Gasteiger charge is 2.03. The highest BCUT2D eigenvalue weighted by molar-refractivity contribution is 5.82. The molecule has 0 amide bonds. The summed E-state index contributed by atoms with van der Waals surface area (Å²) in [5.41, 5.74) is -0.0133. The van der Waals surface area contributed by atoms with Crippen molar-refractivity contribution in [2.24, 2.45) is 0 Å². The van der Waals surface area contributed by atoms with Crippen LogP contribution in [0.15, 0.2) is 12.4 Å². The zero-order valence-electron chi connectivity index (χ0n) is 11.1. The first-order chi connectivity index (χ1) is 8.17. The zero-order valence-corrected chi connectivity index (χ0v) is 11.1. The number of rotatable bonds is 3.